The molecule has 5 rings (SSSR count). The molecule has 2 N–H and O–H groups in total. The highest BCUT2D eigenvalue weighted by atomic mass is 32.1. The Morgan fingerprint density at radius 2 is 1.69 bits per heavy atom. The van der Waals surface area contributed by atoms with E-state index in [-0.39, 0.29) is 17.2 Å². The Morgan fingerprint density at radius 3 is 2.28 bits per heavy atom. The topological polar surface area (TPSA) is 84.0 Å². The zero-order chi connectivity index (χ0) is 20.4. The van der Waals surface area contributed by atoms with Gasteiger partial charge < -0.3 is 10.6 Å². The predicted octanol–water partition coefficient (Wildman–Crippen LogP) is 4.49. The molecule has 2 amide bonds. The Kier molecular flexibility index (Phi) is 6.23. The smallest absolute Gasteiger partial charge is 0.226 e. The fraction of sp³-hybridized carbons (Fsp3) is 0.818. The van der Waals surface area contributed by atoms with E-state index in [4.69, 9.17) is 0 Å². The number of rotatable bonds is 9. The lowest BCUT2D eigenvalue weighted by Gasteiger charge is -2.55. The molecule has 0 aliphatic heterocycles. The van der Waals surface area contributed by atoms with E-state index in [1.165, 1.54) is 30.6 Å². The van der Waals surface area contributed by atoms with Crippen molar-refractivity contribution >= 4 is 28.3 Å². The van der Waals surface area contributed by atoms with Crippen molar-refractivity contribution in [3.63, 3.8) is 0 Å². The van der Waals surface area contributed by atoms with Crippen molar-refractivity contribution in [3.05, 3.63) is 5.01 Å². The third kappa shape index (κ3) is 4.49. The van der Waals surface area contributed by atoms with Gasteiger partial charge in [0.1, 0.15) is 5.01 Å². The molecule has 1 aromatic rings. The molecule has 0 radical (unpaired) electrons. The lowest BCUT2D eigenvalue weighted by Crippen LogP contribution is -2.53. The average molecular weight is 419 g/mol. The molecule has 7 heteroatoms. The minimum absolute atomic E-state index is 0.0544. The quantitative estimate of drug-likeness (QED) is 0.579. The first-order valence-electron chi connectivity index (χ1n) is 11.4. The molecule has 0 unspecified atom stereocenters. The van der Waals surface area contributed by atoms with Gasteiger partial charge in [-0.25, -0.2) is 0 Å². The Labute approximate surface area is 177 Å². The second-order valence-electron chi connectivity index (χ2n) is 9.56. The zero-order valence-corrected chi connectivity index (χ0v) is 18.5. The minimum atomic E-state index is -0.102. The van der Waals surface area contributed by atoms with Crippen molar-refractivity contribution in [2.75, 3.05) is 11.9 Å². The molecule has 4 bridgehead atoms. The van der Waals surface area contributed by atoms with Crippen LogP contribution in [-0.4, -0.2) is 28.6 Å². The van der Waals surface area contributed by atoms with Crippen LogP contribution in [0, 0.1) is 23.2 Å². The summed E-state index contributed by atoms with van der Waals surface area (Å²) in [6, 6.07) is 0. The van der Waals surface area contributed by atoms with E-state index in [0.717, 1.165) is 54.9 Å². The van der Waals surface area contributed by atoms with Crippen molar-refractivity contribution in [1.29, 1.82) is 0 Å². The molecule has 4 saturated carbocycles. The van der Waals surface area contributed by atoms with Crippen molar-refractivity contribution in [1.82, 2.24) is 15.5 Å². The number of carbonyl (C=O) groups is 2. The van der Waals surface area contributed by atoms with E-state index < -0.39 is 0 Å². The van der Waals surface area contributed by atoms with Crippen molar-refractivity contribution < 1.29 is 9.59 Å². The van der Waals surface area contributed by atoms with Gasteiger partial charge in [0.2, 0.25) is 16.9 Å². The summed E-state index contributed by atoms with van der Waals surface area (Å²) in [4.78, 5) is 25.1. The maximum Gasteiger partial charge on any atom is 0.226 e. The van der Waals surface area contributed by atoms with Crippen LogP contribution in [0.4, 0.5) is 5.13 Å². The lowest BCUT2D eigenvalue weighted by atomic mass is 9.49. The average Bonchev–Trinajstić information content (AvgIpc) is 3.13. The molecule has 0 atom stereocenters. The van der Waals surface area contributed by atoms with Gasteiger partial charge in [-0.2, -0.15) is 0 Å². The van der Waals surface area contributed by atoms with Crippen LogP contribution < -0.4 is 10.6 Å². The van der Waals surface area contributed by atoms with Crippen LogP contribution in [0.1, 0.15) is 89.0 Å². The highest BCUT2D eigenvalue weighted by molar-refractivity contribution is 7.15. The molecule has 0 aromatic carbocycles. The summed E-state index contributed by atoms with van der Waals surface area (Å²) in [5.41, 5.74) is -0.102. The van der Waals surface area contributed by atoms with Crippen LogP contribution in [0.15, 0.2) is 0 Å². The molecule has 29 heavy (non-hydrogen) atoms. The second-order valence-corrected chi connectivity index (χ2v) is 10.6. The van der Waals surface area contributed by atoms with E-state index >= 15 is 0 Å². The second kappa shape index (κ2) is 8.70. The maximum absolute atomic E-state index is 12.9. The number of nitrogens with zero attached hydrogens (tertiary/aromatic N) is 2. The van der Waals surface area contributed by atoms with E-state index in [2.05, 4.69) is 34.7 Å². The largest absolute Gasteiger partial charge is 0.356 e. The van der Waals surface area contributed by atoms with Crippen LogP contribution in [-0.2, 0) is 9.59 Å². The summed E-state index contributed by atoms with van der Waals surface area (Å²) in [6.07, 6.45) is 10.4. The Balaban J connectivity index is 1.19. The number of hydrogen-bond donors (Lipinski definition) is 2. The van der Waals surface area contributed by atoms with Gasteiger partial charge in [-0.3, -0.25) is 9.59 Å². The summed E-state index contributed by atoms with van der Waals surface area (Å²) in [6.45, 7) is 4.86. The third-order valence-corrected chi connectivity index (χ3v) is 8.41. The fourth-order valence-corrected chi connectivity index (χ4v) is 7.32. The third-order valence-electron chi connectivity index (χ3n) is 7.41. The van der Waals surface area contributed by atoms with Gasteiger partial charge >= 0.3 is 0 Å². The number of hydrogen-bond acceptors (Lipinski definition) is 5. The fourth-order valence-electron chi connectivity index (χ4n) is 6.30. The molecule has 0 spiro atoms. The molecule has 4 aliphatic carbocycles. The number of carbonyl (C=O) groups excluding carboxylic acids is 2. The maximum atomic E-state index is 12.9. The standard InChI is InChI=1S/C22H34N4O2S/c1-3-17(4-2)19-25-26-21(29-19)24-18(27)6-5-7-23-20(28)22-11-14-8-15(12-22)10-16(9-14)13-22/h14-17H,3-13H2,1-2H3,(H,23,28)(H,24,26,27). The van der Waals surface area contributed by atoms with Crippen LogP contribution >= 0.6 is 11.3 Å². The Hall–Kier alpha value is -1.50. The van der Waals surface area contributed by atoms with Gasteiger partial charge in [0.25, 0.3) is 0 Å². The highest BCUT2D eigenvalue weighted by Gasteiger charge is 2.54. The number of anilines is 1. The Morgan fingerprint density at radius 1 is 1.07 bits per heavy atom. The van der Waals surface area contributed by atoms with Gasteiger partial charge in [0.05, 0.1) is 0 Å². The van der Waals surface area contributed by atoms with Crippen molar-refractivity contribution in [3.8, 4) is 0 Å². The van der Waals surface area contributed by atoms with Gasteiger partial charge in [-0.1, -0.05) is 25.2 Å². The summed E-state index contributed by atoms with van der Waals surface area (Å²) in [5, 5.41) is 15.9. The number of nitrogens with one attached hydrogen (secondary N) is 2. The normalized spacial score (nSPS) is 30.0. The number of amides is 2. The molecule has 4 fully saturated rings. The molecule has 160 valence electrons. The monoisotopic (exact) mass is 418 g/mol. The first-order valence-corrected chi connectivity index (χ1v) is 12.2. The van der Waals surface area contributed by atoms with Crippen LogP contribution in [0.3, 0.4) is 0 Å². The highest BCUT2D eigenvalue weighted by Crippen LogP contribution is 2.60. The Bertz CT molecular complexity index is 708. The zero-order valence-electron chi connectivity index (χ0n) is 17.7. The molecule has 0 saturated heterocycles. The van der Waals surface area contributed by atoms with E-state index in [0.29, 0.717) is 30.4 Å². The van der Waals surface area contributed by atoms with Gasteiger partial charge in [0, 0.05) is 24.3 Å². The first-order chi connectivity index (χ1) is 14.0. The minimum Gasteiger partial charge on any atom is -0.356 e. The predicted molar refractivity (Wildman–Crippen MR) is 115 cm³/mol. The summed E-state index contributed by atoms with van der Waals surface area (Å²) in [7, 11) is 0. The van der Waals surface area contributed by atoms with Crippen molar-refractivity contribution in [2.24, 2.45) is 23.2 Å². The van der Waals surface area contributed by atoms with Gasteiger partial charge in [-0.05, 0) is 75.5 Å². The summed E-state index contributed by atoms with van der Waals surface area (Å²) in [5.74, 6) is 2.92. The molecule has 1 heterocycles. The first kappa shape index (κ1) is 20.8. The van der Waals surface area contributed by atoms with E-state index in [9.17, 15) is 9.59 Å². The molecule has 1 aromatic heterocycles. The van der Waals surface area contributed by atoms with E-state index in [1.54, 1.807) is 0 Å². The summed E-state index contributed by atoms with van der Waals surface area (Å²) >= 11 is 1.47. The van der Waals surface area contributed by atoms with E-state index in [1.807, 2.05) is 0 Å². The SMILES string of the molecule is CCC(CC)c1nnc(NC(=O)CCCNC(=O)C23CC4CC(CC(C4)C2)C3)s1. The molecule has 6 nitrogen and oxygen atoms in total. The summed E-state index contributed by atoms with van der Waals surface area (Å²) < 4.78 is 0. The van der Waals surface area contributed by atoms with Gasteiger partial charge in [0.15, 0.2) is 0 Å². The molecular formula is C22H34N4O2S. The van der Waals surface area contributed by atoms with Crippen LogP contribution in [0.2, 0.25) is 0 Å². The van der Waals surface area contributed by atoms with Crippen LogP contribution in [0.5, 0.6) is 0 Å². The lowest BCUT2D eigenvalue weighted by molar-refractivity contribution is -0.146. The number of aromatic nitrogens is 2. The molecular weight excluding hydrogens is 384 g/mol. The van der Waals surface area contributed by atoms with Crippen molar-refractivity contribution in [2.45, 2.75) is 84.0 Å². The molecule has 4 aliphatic rings. The van der Waals surface area contributed by atoms with Gasteiger partial charge in [-0.15, -0.1) is 10.2 Å². The van der Waals surface area contributed by atoms with Crippen LogP contribution in [0.25, 0.3) is 0 Å².